The smallest absolute Gasteiger partial charge is 0.277 e. The van der Waals surface area contributed by atoms with Crippen molar-refractivity contribution in [3.05, 3.63) is 37.4 Å². The van der Waals surface area contributed by atoms with Crippen LogP contribution in [-0.4, -0.2) is 29.8 Å². The van der Waals surface area contributed by atoms with Gasteiger partial charge in [0.05, 0.1) is 23.6 Å². The van der Waals surface area contributed by atoms with Crippen molar-refractivity contribution in [1.29, 1.82) is 0 Å². The van der Waals surface area contributed by atoms with Gasteiger partial charge in [-0.3, -0.25) is 14.9 Å². The second-order valence-electron chi connectivity index (χ2n) is 3.66. The van der Waals surface area contributed by atoms with Crippen LogP contribution in [0.5, 0.6) is 0 Å². The van der Waals surface area contributed by atoms with Crippen molar-refractivity contribution >= 4 is 34.2 Å². The topological polar surface area (TPSA) is 98.3 Å². The molecule has 0 unspecified atom stereocenters. The highest BCUT2D eigenvalue weighted by molar-refractivity contribution is 14.1. The third-order valence-corrected chi connectivity index (χ3v) is 3.11. The van der Waals surface area contributed by atoms with Gasteiger partial charge in [0.2, 0.25) is 0 Å². The van der Waals surface area contributed by atoms with Gasteiger partial charge in [-0.05, 0) is 28.7 Å². The molecule has 1 aromatic rings. The Bertz CT molecular complexity index is 511. The van der Waals surface area contributed by atoms with Crippen LogP contribution in [-0.2, 0) is 0 Å². The molecule has 0 saturated carbocycles. The predicted molar refractivity (Wildman–Crippen MR) is 72.1 cm³/mol. The number of nitro groups is 1. The summed E-state index contributed by atoms with van der Waals surface area (Å²) in [5, 5.41) is 12.6. The van der Waals surface area contributed by atoms with E-state index >= 15 is 0 Å². The number of benzene rings is 1. The van der Waals surface area contributed by atoms with Gasteiger partial charge >= 0.3 is 0 Å². The fourth-order valence-electron chi connectivity index (χ4n) is 1.18. The average molecular weight is 385 g/mol. The van der Waals surface area contributed by atoms with E-state index in [1.807, 2.05) is 5.32 Å². The molecule has 0 aliphatic rings. The van der Waals surface area contributed by atoms with Crippen LogP contribution in [0.1, 0.15) is 10.4 Å². The van der Waals surface area contributed by atoms with E-state index in [0.717, 1.165) is 6.07 Å². The van der Waals surface area contributed by atoms with Gasteiger partial charge in [-0.1, -0.05) is 0 Å². The van der Waals surface area contributed by atoms with Crippen molar-refractivity contribution < 1.29 is 18.5 Å². The molecule has 9 heteroatoms. The standard InChI is InChI=1S/C10H10F2IN3O3/c11-10(12,4-14)5-15-9(17)7-2-1-6(16(18)19)3-8(7)13/h1-3H,4-5,14H2,(H,15,17). The molecule has 0 heterocycles. The summed E-state index contributed by atoms with van der Waals surface area (Å²) in [6.07, 6.45) is 0. The molecule has 0 aliphatic carbocycles. The zero-order valence-corrected chi connectivity index (χ0v) is 11.7. The Morgan fingerprint density at radius 1 is 1.53 bits per heavy atom. The highest BCUT2D eigenvalue weighted by atomic mass is 127. The maximum absolute atomic E-state index is 12.9. The van der Waals surface area contributed by atoms with Crippen molar-refractivity contribution in [2.45, 2.75) is 5.92 Å². The van der Waals surface area contributed by atoms with Crippen molar-refractivity contribution in [3.8, 4) is 0 Å². The number of rotatable bonds is 5. The Morgan fingerprint density at radius 2 is 2.16 bits per heavy atom. The van der Waals surface area contributed by atoms with Gasteiger partial charge in [0, 0.05) is 15.7 Å². The Kier molecular flexibility index (Phi) is 5.11. The highest BCUT2D eigenvalue weighted by Crippen LogP contribution is 2.20. The van der Waals surface area contributed by atoms with Gasteiger partial charge in [-0.2, -0.15) is 0 Å². The second kappa shape index (κ2) is 6.19. The lowest BCUT2D eigenvalue weighted by Crippen LogP contribution is -2.41. The number of non-ortho nitro benzene ring substituents is 1. The lowest BCUT2D eigenvalue weighted by atomic mass is 10.2. The number of alkyl halides is 2. The minimum atomic E-state index is -3.18. The Balaban J connectivity index is 2.81. The minimum absolute atomic E-state index is 0.0963. The van der Waals surface area contributed by atoms with Crippen LogP contribution in [0, 0.1) is 13.7 Å². The summed E-state index contributed by atoms with van der Waals surface area (Å²) in [6.45, 7) is -1.75. The first-order valence-electron chi connectivity index (χ1n) is 5.07. The molecule has 19 heavy (non-hydrogen) atoms. The van der Waals surface area contributed by atoms with Gasteiger partial charge in [-0.25, -0.2) is 8.78 Å². The number of nitro benzene ring substituents is 1. The van der Waals surface area contributed by atoms with E-state index in [0.29, 0.717) is 3.57 Å². The zero-order valence-electron chi connectivity index (χ0n) is 9.53. The van der Waals surface area contributed by atoms with E-state index in [1.165, 1.54) is 12.1 Å². The van der Waals surface area contributed by atoms with Crippen molar-refractivity contribution in [2.24, 2.45) is 5.73 Å². The van der Waals surface area contributed by atoms with Crippen LogP contribution in [0.3, 0.4) is 0 Å². The number of nitrogens with one attached hydrogen (secondary N) is 1. The molecule has 0 aliphatic heterocycles. The summed E-state index contributed by atoms with van der Waals surface area (Å²) in [5.41, 5.74) is 4.76. The molecule has 0 aromatic heterocycles. The van der Waals surface area contributed by atoms with Crippen molar-refractivity contribution in [2.75, 3.05) is 13.1 Å². The van der Waals surface area contributed by atoms with Crippen LogP contribution in [0.4, 0.5) is 14.5 Å². The van der Waals surface area contributed by atoms with Gasteiger partial charge < -0.3 is 11.1 Å². The third kappa shape index (κ3) is 4.35. The maximum atomic E-state index is 12.9. The first kappa shape index (κ1) is 15.7. The Hall–Kier alpha value is -1.36. The zero-order chi connectivity index (χ0) is 14.6. The normalized spacial score (nSPS) is 11.2. The Labute approximate surface area is 120 Å². The lowest BCUT2D eigenvalue weighted by molar-refractivity contribution is -0.384. The van der Waals surface area contributed by atoms with E-state index in [1.54, 1.807) is 22.6 Å². The second-order valence-corrected chi connectivity index (χ2v) is 4.83. The monoisotopic (exact) mass is 385 g/mol. The number of amides is 1. The van der Waals surface area contributed by atoms with Gasteiger partial charge in [-0.15, -0.1) is 0 Å². The van der Waals surface area contributed by atoms with Crippen LogP contribution >= 0.6 is 22.6 Å². The number of nitrogens with two attached hydrogens (primary N) is 1. The van der Waals surface area contributed by atoms with Crippen LogP contribution in [0.15, 0.2) is 18.2 Å². The number of hydrogen-bond acceptors (Lipinski definition) is 4. The summed E-state index contributed by atoms with van der Waals surface area (Å²) in [5.74, 6) is -3.91. The SMILES string of the molecule is NCC(F)(F)CNC(=O)c1ccc([N+](=O)[O-])cc1I. The molecule has 0 fully saturated rings. The number of carbonyl (C=O) groups excluding carboxylic acids is 1. The van der Waals surface area contributed by atoms with Gasteiger partial charge in [0.25, 0.3) is 17.5 Å². The summed E-state index contributed by atoms with van der Waals surface area (Å²) in [7, 11) is 0. The number of nitrogens with zero attached hydrogens (tertiary/aromatic N) is 1. The van der Waals surface area contributed by atoms with E-state index in [-0.39, 0.29) is 11.3 Å². The van der Waals surface area contributed by atoms with Crippen LogP contribution < -0.4 is 11.1 Å². The first-order chi connectivity index (χ1) is 8.76. The molecule has 0 radical (unpaired) electrons. The minimum Gasteiger partial charge on any atom is -0.346 e. The summed E-state index contributed by atoms with van der Waals surface area (Å²) < 4.78 is 26.0. The number of hydrogen-bond donors (Lipinski definition) is 2. The van der Waals surface area contributed by atoms with E-state index in [4.69, 9.17) is 5.73 Å². The van der Waals surface area contributed by atoms with Gasteiger partial charge in [0.1, 0.15) is 0 Å². The summed E-state index contributed by atoms with van der Waals surface area (Å²) in [6, 6.07) is 3.55. The number of halogens is 3. The molecule has 0 saturated heterocycles. The molecule has 6 nitrogen and oxygen atoms in total. The molecular formula is C10H10F2IN3O3. The van der Waals surface area contributed by atoms with E-state index in [2.05, 4.69) is 0 Å². The predicted octanol–water partition coefficient (Wildman–Crippen LogP) is 1.52. The molecule has 1 aromatic carbocycles. The summed E-state index contributed by atoms with van der Waals surface area (Å²) >= 11 is 1.73. The lowest BCUT2D eigenvalue weighted by Gasteiger charge is -2.14. The summed E-state index contributed by atoms with van der Waals surface area (Å²) in [4.78, 5) is 21.6. The molecule has 3 N–H and O–H groups in total. The fraction of sp³-hybridized carbons (Fsp3) is 0.300. The Morgan fingerprint density at radius 3 is 2.63 bits per heavy atom. The molecular weight excluding hydrogens is 375 g/mol. The number of carbonyl (C=O) groups is 1. The molecule has 0 bridgehead atoms. The quantitative estimate of drug-likeness (QED) is 0.456. The van der Waals surface area contributed by atoms with Crippen LogP contribution in [0.25, 0.3) is 0 Å². The van der Waals surface area contributed by atoms with Gasteiger partial charge in [0.15, 0.2) is 0 Å². The third-order valence-electron chi connectivity index (χ3n) is 2.21. The molecule has 0 spiro atoms. The average Bonchev–Trinajstić information content (AvgIpc) is 2.36. The first-order valence-corrected chi connectivity index (χ1v) is 6.15. The van der Waals surface area contributed by atoms with Crippen LogP contribution in [0.2, 0.25) is 0 Å². The van der Waals surface area contributed by atoms with E-state index < -0.39 is 29.8 Å². The molecule has 1 rings (SSSR count). The molecule has 0 atom stereocenters. The van der Waals surface area contributed by atoms with Crippen molar-refractivity contribution in [1.82, 2.24) is 5.32 Å². The highest BCUT2D eigenvalue weighted by Gasteiger charge is 2.27. The maximum Gasteiger partial charge on any atom is 0.277 e. The largest absolute Gasteiger partial charge is 0.346 e. The van der Waals surface area contributed by atoms with E-state index in [9.17, 15) is 23.7 Å². The fourth-order valence-corrected chi connectivity index (χ4v) is 1.92. The molecule has 104 valence electrons. The molecule has 1 amide bonds. The van der Waals surface area contributed by atoms with Crippen molar-refractivity contribution in [3.63, 3.8) is 0 Å².